The second-order valence-electron chi connectivity index (χ2n) is 4.11. The zero-order valence-corrected chi connectivity index (χ0v) is 11.4. The molecule has 5 nitrogen and oxygen atoms in total. The second-order valence-corrected chi connectivity index (χ2v) is 4.11. The Morgan fingerprint density at radius 2 is 2.15 bits per heavy atom. The molecule has 0 aliphatic rings. The lowest BCUT2D eigenvalue weighted by molar-refractivity contribution is 0.0103. The summed E-state index contributed by atoms with van der Waals surface area (Å²) in [5.41, 5.74) is 0.691. The molecular weight excluding hydrogens is 263 g/mol. The molecular formula is C14H19FN2O3. The first-order valence-corrected chi connectivity index (χ1v) is 6.44. The van der Waals surface area contributed by atoms with Crippen molar-refractivity contribution in [3.05, 3.63) is 29.6 Å². The maximum absolute atomic E-state index is 12.9. The van der Waals surface area contributed by atoms with Gasteiger partial charge in [0.2, 0.25) is 0 Å². The summed E-state index contributed by atoms with van der Waals surface area (Å²) in [6.45, 7) is 3.83. The number of hydrogen-bond donors (Lipinski definition) is 2. The number of aliphatic hydroxyl groups excluding tert-OH is 1. The Labute approximate surface area is 117 Å². The standard InChI is InChI=1S/C14H19FN2O3/c1-2-19-5-6-20-10-13(18)9-17-14-4-3-12(15)7-11(14)8-16/h3-4,7,13,17-18H,2,5-6,9-10H2,1H3. The lowest BCUT2D eigenvalue weighted by Crippen LogP contribution is -2.26. The van der Waals surface area contributed by atoms with Crippen LogP contribution in [0.25, 0.3) is 0 Å². The highest BCUT2D eigenvalue weighted by atomic mass is 19.1. The van der Waals surface area contributed by atoms with E-state index < -0.39 is 11.9 Å². The van der Waals surface area contributed by atoms with Crippen LogP contribution < -0.4 is 5.32 Å². The van der Waals surface area contributed by atoms with Gasteiger partial charge in [0.25, 0.3) is 0 Å². The zero-order valence-electron chi connectivity index (χ0n) is 11.4. The van der Waals surface area contributed by atoms with Gasteiger partial charge >= 0.3 is 0 Å². The van der Waals surface area contributed by atoms with Gasteiger partial charge in [-0.2, -0.15) is 5.26 Å². The van der Waals surface area contributed by atoms with Gasteiger partial charge in [-0.3, -0.25) is 0 Å². The molecule has 1 aromatic rings. The van der Waals surface area contributed by atoms with E-state index in [2.05, 4.69) is 5.32 Å². The number of halogens is 1. The molecule has 6 heteroatoms. The van der Waals surface area contributed by atoms with E-state index in [9.17, 15) is 9.50 Å². The smallest absolute Gasteiger partial charge is 0.124 e. The molecule has 1 aromatic carbocycles. The van der Waals surface area contributed by atoms with Crippen LogP contribution in [0.15, 0.2) is 18.2 Å². The SMILES string of the molecule is CCOCCOCC(O)CNc1ccc(F)cc1C#N. The van der Waals surface area contributed by atoms with Crippen LogP contribution in [-0.2, 0) is 9.47 Å². The molecule has 1 atom stereocenters. The Morgan fingerprint density at radius 3 is 2.85 bits per heavy atom. The number of benzene rings is 1. The molecule has 0 spiro atoms. The highest BCUT2D eigenvalue weighted by molar-refractivity contribution is 5.57. The minimum atomic E-state index is -0.715. The molecule has 0 amide bonds. The van der Waals surface area contributed by atoms with E-state index in [0.717, 1.165) is 6.07 Å². The van der Waals surface area contributed by atoms with Gasteiger partial charge in [0.05, 0.1) is 37.2 Å². The van der Waals surface area contributed by atoms with Gasteiger partial charge in [-0.05, 0) is 25.1 Å². The largest absolute Gasteiger partial charge is 0.389 e. The molecule has 1 unspecified atom stereocenters. The van der Waals surface area contributed by atoms with Crippen LogP contribution in [0.1, 0.15) is 12.5 Å². The van der Waals surface area contributed by atoms with E-state index in [0.29, 0.717) is 25.5 Å². The predicted molar refractivity (Wildman–Crippen MR) is 72.9 cm³/mol. The molecule has 0 aliphatic carbocycles. The van der Waals surface area contributed by atoms with E-state index >= 15 is 0 Å². The predicted octanol–water partition coefficient (Wildman–Crippen LogP) is 1.52. The first kappa shape index (κ1) is 16.4. The minimum Gasteiger partial charge on any atom is -0.389 e. The molecule has 1 rings (SSSR count). The van der Waals surface area contributed by atoms with Crippen LogP contribution in [0.2, 0.25) is 0 Å². The maximum atomic E-state index is 12.9. The van der Waals surface area contributed by atoms with Gasteiger partial charge in [-0.1, -0.05) is 0 Å². The Balaban J connectivity index is 2.30. The van der Waals surface area contributed by atoms with Crippen LogP contribution in [0.4, 0.5) is 10.1 Å². The normalized spacial score (nSPS) is 11.9. The van der Waals surface area contributed by atoms with Gasteiger partial charge in [0, 0.05) is 13.2 Å². The molecule has 0 aromatic heterocycles. The van der Waals surface area contributed by atoms with E-state index in [1.54, 1.807) is 0 Å². The molecule has 0 saturated carbocycles. The monoisotopic (exact) mass is 282 g/mol. The molecule has 20 heavy (non-hydrogen) atoms. The highest BCUT2D eigenvalue weighted by Crippen LogP contribution is 2.15. The van der Waals surface area contributed by atoms with E-state index in [1.165, 1.54) is 12.1 Å². The summed E-state index contributed by atoms with van der Waals surface area (Å²) in [7, 11) is 0. The van der Waals surface area contributed by atoms with Crippen molar-refractivity contribution in [1.29, 1.82) is 5.26 Å². The number of anilines is 1. The van der Waals surface area contributed by atoms with Crippen LogP contribution in [0.3, 0.4) is 0 Å². The third kappa shape index (κ3) is 5.97. The summed E-state index contributed by atoms with van der Waals surface area (Å²) in [6, 6.07) is 5.77. The van der Waals surface area contributed by atoms with Gasteiger partial charge in [-0.15, -0.1) is 0 Å². The minimum absolute atomic E-state index is 0.170. The lowest BCUT2D eigenvalue weighted by atomic mass is 10.2. The lowest BCUT2D eigenvalue weighted by Gasteiger charge is -2.14. The number of nitriles is 1. The number of hydrogen-bond acceptors (Lipinski definition) is 5. The van der Waals surface area contributed by atoms with Crippen molar-refractivity contribution >= 4 is 5.69 Å². The number of aliphatic hydroxyl groups is 1. The topological polar surface area (TPSA) is 74.5 Å². The third-order valence-electron chi connectivity index (χ3n) is 2.52. The highest BCUT2D eigenvalue weighted by Gasteiger charge is 2.07. The third-order valence-corrected chi connectivity index (χ3v) is 2.52. The summed E-state index contributed by atoms with van der Waals surface area (Å²) in [5.74, 6) is -0.466. The first-order valence-electron chi connectivity index (χ1n) is 6.44. The van der Waals surface area contributed by atoms with Gasteiger partial charge in [0.1, 0.15) is 11.9 Å². The number of nitrogens with one attached hydrogen (secondary N) is 1. The molecule has 0 saturated heterocycles. The van der Waals surface area contributed by atoms with Gasteiger partial charge in [-0.25, -0.2) is 4.39 Å². The van der Waals surface area contributed by atoms with Crippen molar-refractivity contribution < 1.29 is 19.0 Å². The maximum Gasteiger partial charge on any atom is 0.124 e. The summed E-state index contributed by atoms with van der Waals surface area (Å²) in [5, 5.41) is 21.5. The van der Waals surface area contributed by atoms with Gasteiger partial charge in [0.15, 0.2) is 0 Å². The van der Waals surface area contributed by atoms with Gasteiger partial charge < -0.3 is 19.9 Å². The van der Waals surface area contributed by atoms with Crippen molar-refractivity contribution in [1.82, 2.24) is 0 Å². The summed E-state index contributed by atoms with van der Waals surface area (Å²) in [4.78, 5) is 0. The first-order chi connectivity index (χ1) is 9.67. The molecule has 110 valence electrons. The average molecular weight is 282 g/mol. The van der Waals surface area contributed by atoms with E-state index in [1.807, 2.05) is 13.0 Å². The van der Waals surface area contributed by atoms with Crippen molar-refractivity contribution in [2.45, 2.75) is 13.0 Å². The van der Waals surface area contributed by atoms with Crippen LogP contribution >= 0.6 is 0 Å². The van der Waals surface area contributed by atoms with E-state index in [4.69, 9.17) is 14.7 Å². The summed E-state index contributed by atoms with van der Waals surface area (Å²) < 4.78 is 23.3. The fraction of sp³-hybridized carbons (Fsp3) is 0.500. The quantitative estimate of drug-likeness (QED) is 0.672. The Bertz CT molecular complexity index is 449. The Hall–Kier alpha value is -1.68. The fourth-order valence-corrected chi connectivity index (χ4v) is 1.53. The zero-order chi connectivity index (χ0) is 14.8. The molecule has 2 N–H and O–H groups in total. The van der Waals surface area contributed by atoms with Crippen LogP contribution in [-0.4, -0.2) is 44.2 Å². The van der Waals surface area contributed by atoms with Crippen molar-refractivity contribution in [3.63, 3.8) is 0 Å². The summed E-state index contributed by atoms with van der Waals surface area (Å²) >= 11 is 0. The fourth-order valence-electron chi connectivity index (χ4n) is 1.53. The molecule has 0 radical (unpaired) electrons. The van der Waals surface area contributed by atoms with E-state index in [-0.39, 0.29) is 18.7 Å². The molecule has 0 heterocycles. The Kier molecular flexibility index (Phi) is 7.58. The number of ether oxygens (including phenoxy) is 2. The molecule has 0 bridgehead atoms. The average Bonchev–Trinajstić information content (AvgIpc) is 2.45. The summed E-state index contributed by atoms with van der Waals surface area (Å²) in [6.07, 6.45) is -0.715. The molecule has 0 aliphatic heterocycles. The van der Waals surface area contributed by atoms with Crippen LogP contribution in [0.5, 0.6) is 0 Å². The molecule has 0 fully saturated rings. The number of nitrogens with zero attached hydrogens (tertiary/aromatic N) is 1. The van der Waals surface area contributed by atoms with Crippen LogP contribution in [0, 0.1) is 17.1 Å². The van der Waals surface area contributed by atoms with Crippen molar-refractivity contribution in [2.24, 2.45) is 0 Å². The van der Waals surface area contributed by atoms with Crippen molar-refractivity contribution in [3.8, 4) is 6.07 Å². The second kappa shape index (κ2) is 9.26. The Morgan fingerprint density at radius 1 is 1.40 bits per heavy atom. The number of rotatable bonds is 9. The van der Waals surface area contributed by atoms with Crippen molar-refractivity contribution in [2.75, 3.05) is 38.3 Å².